The lowest BCUT2D eigenvalue weighted by Gasteiger charge is -2.31. The van der Waals surface area contributed by atoms with Gasteiger partial charge in [0.2, 0.25) is 31.8 Å². The van der Waals surface area contributed by atoms with E-state index in [1.54, 1.807) is 24.8 Å². The molecule has 0 spiro atoms. The average molecular weight is 1140 g/mol. The molecule has 20 nitrogen and oxygen atoms in total. The number of ether oxygens (including phenoxy) is 4. The Balaban J connectivity index is 0.000000187. The maximum absolute atomic E-state index is 11.9. The summed E-state index contributed by atoms with van der Waals surface area (Å²) in [5.41, 5.74) is 8.56. The lowest BCUT2D eigenvalue weighted by Crippen LogP contribution is -2.47. The largest absolute Gasteiger partial charge is 0.473 e. The molecule has 75 heavy (non-hydrogen) atoms. The van der Waals surface area contributed by atoms with E-state index in [-0.39, 0.29) is 45.6 Å². The lowest BCUT2D eigenvalue weighted by molar-refractivity contribution is -0.0252. The Kier molecular flexibility index (Phi) is 20.2. The van der Waals surface area contributed by atoms with Gasteiger partial charge in [0.25, 0.3) is 0 Å². The SMILES string of the molecule is CS(=O)(=O)N1CCO[C@H](COc2nc(-c3ccc(C4CCN(CCO)CC4)cc3)cc3nccnc23)C1.CS(=O)(=O)N1CCO[C@H](COc2nc(-c3ccc(C4CCNCC4)cc3)cc3nccnc23)C1.OCCBr. The minimum Gasteiger partial charge on any atom is -0.473 e. The van der Waals surface area contributed by atoms with Crippen LogP contribution in [0.4, 0.5) is 0 Å². The third-order valence-corrected chi connectivity index (χ3v) is 16.5. The number of hydrogen-bond donors (Lipinski definition) is 3. The molecule has 4 aliphatic rings. The zero-order valence-electron chi connectivity index (χ0n) is 42.4. The standard InChI is InChI=1S/C26H33N5O5S.C24H29N5O4S.C2H5BrO/c1-37(33,34)31-13-15-35-22(17-31)18-36-26-25-24(27-8-9-28-25)16-23(29-26)21-4-2-19(3-5-21)20-6-10-30(11-7-20)12-14-32;1-34(30,31)29-12-13-32-20(15-29)16-33-24-23-22(26-10-11-27-23)14-21(28-24)19-4-2-17(3-5-19)18-6-8-25-9-7-18;3-1-2-4/h2-5,8-9,16,20,22,32H,6-7,10-15,17-18H2,1H3;2-5,10-11,14,18,20,25H,6-9,12-13,15-16H2,1H3;4H,1-2H2/t22-;20-;/m00./s1. The van der Waals surface area contributed by atoms with Crippen LogP contribution in [-0.2, 0) is 29.5 Å². The van der Waals surface area contributed by atoms with Crippen LogP contribution in [0.2, 0.25) is 0 Å². The molecular weight excluding hydrogens is 1070 g/mol. The number of benzene rings is 2. The van der Waals surface area contributed by atoms with Crippen molar-refractivity contribution in [3.05, 3.63) is 96.6 Å². The minimum atomic E-state index is -3.29. The van der Waals surface area contributed by atoms with Gasteiger partial charge in [-0.2, -0.15) is 8.61 Å². The van der Waals surface area contributed by atoms with Crippen LogP contribution in [0.5, 0.6) is 11.8 Å². The summed E-state index contributed by atoms with van der Waals surface area (Å²) in [6.45, 7) is 7.48. The molecule has 8 heterocycles. The van der Waals surface area contributed by atoms with E-state index in [1.165, 1.54) is 32.2 Å². The molecule has 2 aromatic carbocycles. The molecule has 4 aliphatic heterocycles. The molecule has 0 saturated carbocycles. The summed E-state index contributed by atoms with van der Waals surface area (Å²) in [4.78, 5) is 29.5. The number of likely N-dealkylation sites (tertiary alicyclic amines) is 1. The van der Waals surface area contributed by atoms with Gasteiger partial charge in [0.05, 0.1) is 61.4 Å². The third-order valence-electron chi connectivity index (χ3n) is 13.6. The molecule has 404 valence electrons. The van der Waals surface area contributed by atoms with Gasteiger partial charge < -0.3 is 39.4 Å². The first-order valence-corrected chi connectivity index (χ1v) is 30.2. The quantitative estimate of drug-likeness (QED) is 0.120. The maximum atomic E-state index is 11.9. The minimum absolute atomic E-state index is 0.155. The number of aromatic nitrogens is 6. The lowest BCUT2D eigenvalue weighted by atomic mass is 9.89. The summed E-state index contributed by atoms with van der Waals surface area (Å²) in [7, 11) is -6.56. The van der Waals surface area contributed by atoms with Gasteiger partial charge in [-0.05, 0) is 87.0 Å². The molecular formula is C52H67BrN10O10S2. The number of pyridine rings is 2. The predicted octanol–water partition coefficient (Wildman–Crippen LogP) is 4.47. The number of fused-ring (bicyclic) bond motifs is 2. The topological polar surface area (TPSA) is 245 Å². The number of sulfonamides is 2. The fourth-order valence-electron chi connectivity index (χ4n) is 9.55. The number of halogens is 1. The van der Waals surface area contributed by atoms with Crippen LogP contribution < -0.4 is 14.8 Å². The Morgan fingerprint density at radius 1 is 0.627 bits per heavy atom. The van der Waals surface area contributed by atoms with Crippen molar-refractivity contribution in [3.63, 3.8) is 0 Å². The van der Waals surface area contributed by atoms with E-state index in [0.29, 0.717) is 77.3 Å². The van der Waals surface area contributed by atoms with Gasteiger partial charge in [-0.25, -0.2) is 36.8 Å². The first kappa shape index (κ1) is 56.3. The van der Waals surface area contributed by atoms with Gasteiger partial charge in [0.1, 0.15) is 25.4 Å². The summed E-state index contributed by atoms with van der Waals surface area (Å²) in [5, 5.41) is 21.1. The maximum Gasteiger partial charge on any atom is 0.242 e. The van der Waals surface area contributed by atoms with E-state index in [4.69, 9.17) is 34.0 Å². The molecule has 10 rings (SSSR count). The van der Waals surface area contributed by atoms with E-state index in [9.17, 15) is 21.9 Å². The second-order valence-corrected chi connectivity index (χ2v) is 23.6. The zero-order valence-corrected chi connectivity index (χ0v) is 45.6. The van der Waals surface area contributed by atoms with E-state index in [1.807, 2.05) is 12.1 Å². The molecule has 0 aliphatic carbocycles. The molecule has 0 unspecified atom stereocenters. The Morgan fingerprint density at radius 2 is 1.05 bits per heavy atom. The molecule has 0 bridgehead atoms. The summed E-state index contributed by atoms with van der Waals surface area (Å²) in [5.74, 6) is 1.82. The highest BCUT2D eigenvalue weighted by Crippen LogP contribution is 2.33. The number of nitrogens with one attached hydrogen (secondary N) is 1. The number of alkyl halides is 1. The molecule has 0 amide bonds. The smallest absolute Gasteiger partial charge is 0.242 e. The van der Waals surface area contributed by atoms with Crippen LogP contribution in [0.15, 0.2) is 85.5 Å². The second kappa shape index (κ2) is 26.9. The fourth-order valence-corrected chi connectivity index (χ4v) is 11.2. The highest BCUT2D eigenvalue weighted by Gasteiger charge is 2.29. The molecule has 6 aromatic rings. The Morgan fingerprint density at radius 3 is 1.47 bits per heavy atom. The van der Waals surface area contributed by atoms with E-state index in [2.05, 4.69) is 94.6 Å². The van der Waals surface area contributed by atoms with E-state index < -0.39 is 26.2 Å². The number of aliphatic hydroxyl groups excluding tert-OH is 2. The number of morpholine rings is 2. The number of β-amino-alcohol motifs (C(OH)–C–C–N with tert-alkyl or cyclic N) is 1. The summed E-state index contributed by atoms with van der Waals surface area (Å²) < 4.78 is 74.0. The molecule has 4 fully saturated rings. The van der Waals surface area contributed by atoms with Crippen molar-refractivity contribution in [3.8, 4) is 34.3 Å². The van der Waals surface area contributed by atoms with Crippen molar-refractivity contribution in [2.75, 3.05) is 116 Å². The highest BCUT2D eigenvalue weighted by atomic mass is 79.9. The summed E-state index contributed by atoms with van der Waals surface area (Å²) >= 11 is 3.00. The van der Waals surface area contributed by atoms with Gasteiger partial charge in [0, 0.05) is 74.0 Å². The number of aliphatic hydroxyl groups is 2. The van der Waals surface area contributed by atoms with Crippen molar-refractivity contribution in [1.82, 2.24) is 48.7 Å². The number of hydrogen-bond acceptors (Lipinski definition) is 18. The van der Waals surface area contributed by atoms with Crippen LogP contribution >= 0.6 is 15.9 Å². The predicted molar refractivity (Wildman–Crippen MR) is 290 cm³/mol. The van der Waals surface area contributed by atoms with Crippen LogP contribution in [0.1, 0.15) is 48.6 Å². The first-order chi connectivity index (χ1) is 36.3. The molecule has 2 atom stereocenters. The van der Waals surface area contributed by atoms with E-state index >= 15 is 0 Å². The molecule has 4 saturated heterocycles. The molecule has 0 radical (unpaired) electrons. The fraction of sp³-hybridized carbons (Fsp3) is 0.500. The molecule has 4 aromatic heterocycles. The molecule has 3 N–H and O–H groups in total. The summed E-state index contributed by atoms with van der Waals surface area (Å²) in [6.07, 6.45) is 12.6. The van der Waals surface area contributed by atoms with Gasteiger partial charge in [-0.3, -0.25) is 9.97 Å². The Bertz CT molecular complexity index is 3010. The van der Waals surface area contributed by atoms with Crippen LogP contribution in [-0.4, -0.2) is 199 Å². The normalized spacial score (nSPS) is 19.7. The third kappa shape index (κ3) is 15.6. The van der Waals surface area contributed by atoms with Crippen molar-refractivity contribution >= 4 is 58.0 Å². The van der Waals surface area contributed by atoms with Crippen molar-refractivity contribution < 1.29 is 46.0 Å². The van der Waals surface area contributed by atoms with E-state index in [0.717, 1.165) is 80.9 Å². The monoisotopic (exact) mass is 1130 g/mol. The Hall–Kier alpha value is -4.92. The van der Waals surface area contributed by atoms with Crippen LogP contribution in [0, 0.1) is 0 Å². The summed E-state index contributed by atoms with van der Waals surface area (Å²) in [6, 6.07) is 20.9. The average Bonchev–Trinajstić information content (AvgIpc) is 3.44. The highest BCUT2D eigenvalue weighted by molar-refractivity contribution is 9.09. The first-order valence-electron chi connectivity index (χ1n) is 25.3. The van der Waals surface area contributed by atoms with Gasteiger partial charge >= 0.3 is 0 Å². The van der Waals surface area contributed by atoms with Crippen molar-refractivity contribution in [2.45, 2.75) is 49.7 Å². The van der Waals surface area contributed by atoms with Crippen LogP contribution in [0.25, 0.3) is 44.6 Å². The van der Waals surface area contributed by atoms with Crippen molar-refractivity contribution in [1.29, 1.82) is 0 Å². The van der Waals surface area contributed by atoms with Crippen molar-refractivity contribution in [2.24, 2.45) is 0 Å². The van der Waals surface area contributed by atoms with Crippen LogP contribution in [0.3, 0.4) is 0 Å². The van der Waals surface area contributed by atoms with Gasteiger partial charge in [-0.1, -0.05) is 64.5 Å². The second-order valence-electron chi connectivity index (χ2n) is 18.8. The molecule has 23 heteroatoms. The number of rotatable bonds is 15. The Labute approximate surface area is 447 Å². The van der Waals surface area contributed by atoms with Gasteiger partial charge in [0.15, 0.2) is 11.0 Å². The zero-order chi connectivity index (χ0) is 52.8. The number of piperidine rings is 2. The van der Waals surface area contributed by atoms with Gasteiger partial charge in [-0.15, -0.1) is 0 Å². The number of nitrogens with zero attached hydrogens (tertiary/aromatic N) is 9.